The molecule has 0 aromatic carbocycles. The van der Waals surface area contributed by atoms with Crippen LogP contribution in [0.25, 0.3) is 0 Å². The van der Waals surface area contributed by atoms with E-state index in [4.69, 9.17) is 5.73 Å². The average Bonchev–Trinajstić information content (AvgIpc) is 2.51. The third-order valence-electron chi connectivity index (χ3n) is 4.94. The molecule has 21 heavy (non-hydrogen) atoms. The van der Waals surface area contributed by atoms with Crippen molar-refractivity contribution in [3.8, 4) is 0 Å². The van der Waals surface area contributed by atoms with Gasteiger partial charge in [-0.25, -0.2) is 0 Å². The zero-order valence-electron chi connectivity index (χ0n) is 13.7. The minimum Gasteiger partial charge on any atom is -0.329 e. The molecule has 1 heterocycles. The summed E-state index contributed by atoms with van der Waals surface area (Å²) < 4.78 is 0. The number of allylic oxidation sites excluding steroid dienone is 2. The highest BCUT2D eigenvalue weighted by Crippen LogP contribution is 2.24. The molecule has 2 atom stereocenters. The predicted octanol–water partition coefficient (Wildman–Crippen LogP) is 2.35. The topological polar surface area (TPSA) is 49.6 Å². The van der Waals surface area contributed by atoms with Crippen LogP contribution >= 0.6 is 0 Å². The van der Waals surface area contributed by atoms with E-state index >= 15 is 0 Å². The highest BCUT2D eigenvalue weighted by molar-refractivity contribution is 5.80. The third-order valence-corrected chi connectivity index (χ3v) is 4.94. The van der Waals surface area contributed by atoms with Crippen molar-refractivity contribution in [3.63, 3.8) is 0 Å². The summed E-state index contributed by atoms with van der Waals surface area (Å²) in [4.78, 5) is 17.0. The molecular formula is C17H31N3O. The SMILES string of the molecule is CCN(C(=O)CN1CCC(C)CC1CN)C1=CCCCC1. The summed E-state index contributed by atoms with van der Waals surface area (Å²) in [5.74, 6) is 0.979. The molecule has 4 nitrogen and oxygen atoms in total. The molecule has 2 unspecified atom stereocenters. The van der Waals surface area contributed by atoms with Gasteiger partial charge in [0.2, 0.25) is 5.91 Å². The Hall–Kier alpha value is -0.870. The number of carbonyl (C=O) groups is 1. The number of amides is 1. The van der Waals surface area contributed by atoms with Gasteiger partial charge in [0.25, 0.3) is 0 Å². The first-order valence-electron chi connectivity index (χ1n) is 8.59. The first-order chi connectivity index (χ1) is 10.2. The highest BCUT2D eigenvalue weighted by atomic mass is 16.2. The summed E-state index contributed by atoms with van der Waals surface area (Å²) in [7, 11) is 0. The van der Waals surface area contributed by atoms with E-state index in [2.05, 4.69) is 24.8 Å². The molecule has 1 aliphatic carbocycles. The van der Waals surface area contributed by atoms with Crippen molar-refractivity contribution in [2.24, 2.45) is 11.7 Å². The Morgan fingerprint density at radius 1 is 1.48 bits per heavy atom. The average molecular weight is 293 g/mol. The lowest BCUT2D eigenvalue weighted by Crippen LogP contribution is -2.50. The summed E-state index contributed by atoms with van der Waals surface area (Å²) in [6, 6.07) is 0.372. The quantitative estimate of drug-likeness (QED) is 0.846. The first-order valence-corrected chi connectivity index (χ1v) is 8.59. The van der Waals surface area contributed by atoms with E-state index in [-0.39, 0.29) is 5.91 Å². The van der Waals surface area contributed by atoms with Gasteiger partial charge in [-0.1, -0.05) is 13.0 Å². The van der Waals surface area contributed by atoms with Crippen molar-refractivity contribution in [2.75, 3.05) is 26.2 Å². The van der Waals surface area contributed by atoms with Crippen molar-refractivity contribution in [1.29, 1.82) is 0 Å². The lowest BCUT2D eigenvalue weighted by atomic mass is 9.92. The van der Waals surface area contributed by atoms with E-state index < -0.39 is 0 Å². The fourth-order valence-electron chi connectivity index (χ4n) is 3.62. The van der Waals surface area contributed by atoms with Crippen LogP contribution in [0.2, 0.25) is 0 Å². The Bertz CT molecular complexity index is 380. The van der Waals surface area contributed by atoms with Gasteiger partial charge in [-0.3, -0.25) is 9.69 Å². The van der Waals surface area contributed by atoms with E-state index in [1.165, 1.54) is 25.0 Å². The highest BCUT2D eigenvalue weighted by Gasteiger charge is 2.28. The van der Waals surface area contributed by atoms with Crippen LogP contribution in [0.3, 0.4) is 0 Å². The Balaban J connectivity index is 1.96. The number of nitrogens with zero attached hydrogens (tertiary/aromatic N) is 2. The molecule has 2 N–H and O–H groups in total. The fraction of sp³-hybridized carbons (Fsp3) is 0.824. The second-order valence-electron chi connectivity index (χ2n) is 6.57. The smallest absolute Gasteiger partial charge is 0.240 e. The van der Waals surface area contributed by atoms with Crippen molar-refractivity contribution in [1.82, 2.24) is 9.80 Å². The summed E-state index contributed by atoms with van der Waals surface area (Å²) in [5.41, 5.74) is 7.14. The maximum absolute atomic E-state index is 12.7. The van der Waals surface area contributed by atoms with Crippen LogP contribution in [0.1, 0.15) is 52.4 Å². The summed E-state index contributed by atoms with van der Waals surface area (Å²) >= 11 is 0. The van der Waals surface area contributed by atoms with Crippen LogP contribution in [0.15, 0.2) is 11.8 Å². The Morgan fingerprint density at radius 2 is 2.29 bits per heavy atom. The molecule has 0 aromatic rings. The number of likely N-dealkylation sites (N-methyl/N-ethyl adjacent to an activating group) is 1. The summed E-state index contributed by atoms with van der Waals surface area (Å²) in [6.45, 7) is 7.33. The number of hydrogen-bond acceptors (Lipinski definition) is 3. The predicted molar refractivity (Wildman–Crippen MR) is 86.8 cm³/mol. The maximum atomic E-state index is 12.7. The van der Waals surface area contributed by atoms with Crippen LogP contribution in [0.5, 0.6) is 0 Å². The molecule has 0 bridgehead atoms. The molecule has 1 fully saturated rings. The van der Waals surface area contributed by atoms with Crippen LogP contribution in [-0.4, -0.2) is 47.9 Å². The molecule has 0 spiro atoms. The molecule has 0 radical (unpaired) electrons. The molecule has 4 heteroatoms. The molecule has 2 aliphatic rings. The Kier molecular flexibility index (Phi) is 6.24. The molecule has 120 valence electrons. The fourth-order valence-corrected chi connectivity index (χ4v) is 3.62. The lowest BCUT2D eigenvalue weighted by Gasteiger charge is -2.38. The molecule has 2 rings (SSSR count). The van der Waals surface area contributed by atoms with E-state index in [9.17, 15) is 4.79 Å². The van der Waals surface area contributed by atoms with Gasteiger partial charge in [-0.2, -0.15) is 0 Å². The van der Waals surface area contributed by atoms with Crippen LogP contribution in [0, 0.1) is 5.92 Å². The van der Waals surface area contributed by atoms with E-state index in [1.807, 2.05) is 4.90 Å². The zero-order chi connectivity index (χ0) is 15.2. The first kappa shape index (κ1) is 16.5. The molecule has 1 amide bonds. The summed E-state index contributed by atoms with van der Waals surface area (Å²) in [6.07, 6.45) is 9.19. The molecule has 1 saturated heterocycles. The van der Waals surface area contributed by atoms with Crippen molar-refractivity contribution in [3.05, 3.63) is 11.8 Å². The van der Waals surface area contributed by atoms with E-state index in [1.54, 1.807) is 0 Å². The van der Waals surface area contributed by atoms with Crippen molar-refractivity contribution < 1.29 is 4.79 Å². The summed E-state index contributed by atoms with van der Waals surface area (Å²) in [5, 5.41) is 0. The molecule has 0 aromatic heterocycles. The molecule has 1 aliphatic heterocycles. The standard InChI is InChI=1S/C17H31N3O/c1-3-20(15-7-5-4-6-8-15)17(21)13-19-10-9-14(2)11-16(19)12-18/h7,14,16H,3-6,8-13,18H2,1-2H3. The number of hydrogen-bond donors (Lipinski definition) is 1. The number of carbonyl (C=O) groups excluding carboxylic acids is 1. The number of nitrogens with two attached hydrogens (primary N) is 1. The normalized spacial score (nSPS) is 27.3. The molecular weight excluding hydrogens is 262 g/mol. The van der Waals surface area contributed by atoms with Crippen molar-refractivity contribution >= 4 is 5.91 Å². The largest absolute Gasteiger partial charge is 0.329 e. The van der Waals surface area contributed by atoms with Gasteiger partial charge in [0, 0.05) is 24.8 Å². The number of rotatable bonds is 5. The van der Waals surface area contributed by atoms with Gasteiger partial charge in [-0.15, -0.1) is 0 Å². The van der Waals surface area contributed by atoms with Gasteiger partial charge in [-0.05, 0) is 57.9 Å². The number of likely N-dealkylation sites (tertiary alicyclic amines) is 1. The van der Waals surface area contributed by atoms with Gasteiger partial charge in [0.05, 0.1) is 6.54 Å². The van der Waals surface area contributed by atoms with Gasteiger partial charge in [0.15, 0.2) is 0 Å². The van der Waals surface area contributed by atoms with Gasteiger partial charge >= 0.3 is 0 Å². The van der Waals surface area contributed by atoms with E-state index in [0.717, 1.165) is 38.3 Å². The Labute approximate surface area is 129 Å². The second-order valence-corrected chi connectivity index (χ2v) is 6.57. The minimum absolute atomic E-state index is 0.249. The second kappa shape index (κ2) is 7.95. The zero-order valence-corrected chi connectivity index (χ0v) is 13.7. The lowest BCUT2D eigenvalue weighted by molar-refractivity contribution is -0.131. The Morgan fingerprint density at radius 3 is 2.90 bits per heavy atom. The van der Waals surface area contributed by atoms with Crippen LogP contribution in [0.4, 0.5) is 0 Å². The minimum atomic E-state index is 0.249. The third kappa shape index (κ3) is 4.30. The van der Waals surface area contributed by atoms with Crippen molar-refractivity contribution in [2.45, 2.75) is 58.4 Å². The number of piperidine rings is 1. The van der Waals surface area contributed by atoms with Gasteiger partial charge < -0.3 is 10.6 Å². The van der Waals surface area contributed by atoms with Crippen LogP contribution in [-0.2, 0) is 4.79 Å². The monoisotopic (exact) mass is 293 g/mol. The molecule has 0 saturated carbocycles. The van der Waals surface area contributed by atoms with E-state index in [0.29, 0.717) is 19.1 Å². The van der Waals surface area contributed by atoms with Gasteiger partial charge in [0.1, 0.15) is 0 Å². The maximum Gasteiger partial charge on any atom is 0.240 e. The van der Waals surface area contributed by atoms with Crippen LogP contribution < -0.4 is 5.73 Å².